The second kappa shape index (κ2) is 9.45. The van der Waals surface area contributed by atoms with Crippen molar-refractivity contribution in [1.29, 1.82) is 0 Å². The van der Waals surface area contributed by atoms with Crippen molar-refractivity contribution in [2.45, 2.75) is 37.6 Å². The van der Waals surface area contributed by atoms with Crippen LogP contribution in [0.3, 0.4) is 0 Å². The van der Waals surface area contributed by atoms with Crippen LogP contribution in [0.2, 0.25) is 0 Å². The van der Waals surface area contributed by atoms with Crippen molar-refractivity contribution in [2.75, 3.05) is 38.2 Å². The normalized spacial score (nSPS) is 19.2. The van der Waals surface area contributed by atoms with Gasteiger partial charge in [-0.1, -0.05) is 19.3 Å². The second-order valence-corrected chi connectivity index (χ2v) is 8.08. The summed E-state index contributed by atoms with van der Waals surface area (Å²) in [5.74, 6) is -0.156. The average Bonchev–Trinajstić information content (AvgIpc) is 3.34. The van der Waals surface area contributed by atoms with E-state index in [9.17, 15) is 9.59 Å². The number of amides is 2. The van der Waals surface area contributed by atoms with Crippen LogP contribution < -0.4 is 10.6 Å². The molecule has 1 saturated carbocycles. The fourth-order valence-electron chi connectivity index (χ4n) is 4.50. The number of carbonyl (C=O) groups excluding carboxylic acids is 2. The molecule has 1 aromatic carbocycles. The van der Waals surface area contributed by atoms with Crippen molar-refractivity contribution in [2.24, 2.45) is 0 Å². The van der Waals surface area contributed by atoms with Crippen LogP contribution in [0.5, 0.6) is 0 Å². The van der Waals surface area contributed by atoms with Gasteiger partial charge in [-0.2, -0.15) is 0 Å². The fourth-order valence-corrected chi connectivity index (χ4v) is 4.50. The van der Waals surface area contributed by atoms with E-state index in [0.717, 1.165) is 39.1 Å². The number of rotatable bonds is 6. The minimum atomic E-state index is -0.318. The highest BCUT2D eigenvalue weighted by Crippen LogP contribution is 2.34. The van der Waals surface area contributed by atoms with Gasteiger partial charge in [-0.15, -0.1) is 0 Å². The number of furan rings is 1. The minimum Gasteiger partial charge on any atom is -0.459 e. The van der Waals surface area contributed by atoms with Gasteiger partial charge in [0.05, 0.1) is 19.5 Å². The molecule has 1 saturated heterocycles. The Morgan fingerprint density at radius 2 is 1.70 bits per heavy atom. The molecule has 2 N–H and O–H groups in total. The van der Waals surface area contributed by atoms with Gasteiger partial charge in [-0.05, 0) is 49.2 Å². The van der Waals surface area contributed by atoms with Gasteiger partial charge < -0.3 is 19.8 Å². The first-order chi connectivity index (χ1) is 14.7. The third-order valence-electron chi connectivity index (χ3n) is 6.19. The zero-order chi connectivity index (χ0) is 20.8. The van der Waals surface area contributed by atoms with Crippen LogP contribution in [0, 0.1) is 0 Å². The van der Waals surface area contributed by atoms with Crippen LogP contribution in [-0.2, 0) is 4.74 Å². The SMILES string of the molecule is O=C(NCC1(N2CCOCC2)CCCCC1)c1ccc(NC(=O)c2ccco2)cc1. The highest BCUT2D eigenvalue weighted by molar-refractivity contribution is 6.02. The molecule has 1 aliphatic carbocycles. The number of benzene rings is 1. The number of hydrogen-bond donors (Lipinski definition) is 2. The Labute approximate surface area is 176 Å². The summed E-state index contributed by atoms with van der Waals surface area (Å²) in [7, 11) is 0. The van der Waals surface area contributed by atoms with Crippen molar-refractivity contribution in [3.05, 3.63) is 54.0 Å². The van der Waals surface area contributed by atoms with E-state index in [1.165, 1.54) is 25.5 Å². The van der Waals surface area contributed by atoms with Gasteiger partial charge >= 0.3 is 0 Å². The summed E-state index contributed by atoms with van der Waals surface area (Å²) in [4.78, 5) is 27.4. The molecule has 4 rings (SSSR count). The maximum absolute atomic E-state index is 12.8. The number of nitrogens with one attached hydrogen (secondary N) is 2. The Hall–Kier alpha value is -2.64. The molecule has 0 spiro atoms. The third-order valence-corrected chi connectivity index (χ3v) is 6.19. The smallest absolute Gasteiger partial charge is 0.291 e. The predicted octanol–water partition coefficient (Wildman–Crippen LogP) is 3.30. The second-order valence-electron chi connectivity index (χ2n) is 8.08. The number of nitrogens with zero attached hydrogens (tertiary/aromatic N) is 1. The topological polar surface area (TPSA) is 83.8 Å². The summed E-state index contributed by atoms with van der Waals surface area (Å²) in [5.41, 5.74) is 1.23. The van der Waals surface area contributed by atoms with Crippen molar-refractivity contribution in [1.82, 2.24) is 10.2 Å². The van der Waals surface area contributed by atoms with Gasteiger partial charge in [0.1, 0.15) is 0 Å². The monoisotopic (exact) mass is 411 g/mol. The quantitative estimate of drug-likeness (QED) is 0.762. The van der Waals surface area contributed by atoms with Crippen LogP contribution >= 0.6 is 0 Å². The van der Waals surface area contributed by atoms with Gasteiger partial charge in [0, 0.05) is 36.4 Å². The van der Waals surface area contributed by atoms with E-state index in [-0.39, 0.29) is 23.1 Å². The van der Waals surface area contributed by atoms with Crippen molar-refractivity contribution in [3.63, 3.8) is 0 Å². The lowest BCUT2D eigenvalue weighted by molar-refractivity contribution is -0.0361. The number of morpholine rings is 1. The van der Waals surface area contributed by atoms with E-state index < -0.39 is 0 Å². The summed E-state index contributed by atoms with van der Waals surface area (Å²) < 4.78 is 10.6. The summed E-state index contributed by atoms with van der Waals surface area (Å²) in [6.45, 7) is 4.05. The first-order valence-electron chi connectivity index (χ1n) is 10.7. The lowest BCUT2D eigenvalue weighted by atomic mass is 9.79. The van der Waals surface area contributed by atoms with Crippen LogP contribution in [0.15, 0.2) is 47.1 Å². The third kappa shape index (κ3) is 4.74. The Balaban J connectivity index is 1.36. The summed E-state index contributed by atoms with van der Waals surface area (Å²) >= 11 is 0. The predicted molar refractivity (Wildman–Crippen MR) is 114 cm³/mol. The van der Waals surface area contributed by atoms with E-state index in [1.807, 2.05) is 0 Å². The van der Waals surface area contributed by atoms with E-state index >= 15 is 0 Å². The molecule has 0 atom stereocenters. The molecular formula is C23H29N3O4. The van der Waals surface area contributed by atoms with Gasteiger partial charge in [0.25, 0.3) is 11.8 Å². The molecule has 7 nitrogen and oxygen atoms in total. The molecule has 2 heterocycles. The number of carbonyl (C=O) groups is 2. The summed E-state index contributed by atoms with van der Waals surface area (Å²) in [5, 5.41) is 5.93. The van der Waals surface area contributed by atoms with Crippen LogP contribution in [0.25, 0.3) is 0 Å². The maximum atomic E-state index is 12.8. The number of hydrogen-bond acceptors (Lipinski definition) is 5. The number of ether oxygens (including phenoxy) is 1. The molecule has 7 heteroatoms. The van der Waals surface area contributed by atoms with Gasteiger partial charge in [0.15, 0.2) is 5.76 Å². The van der Waals surface area contributed by atoms with Crippen LogP contribution in [0.1, 0.15) is 53.0 Å². The zero-order valence-electron chi connectivity index (χ0n) is 17.2. The molecule has 160 valence electrons. The zero-order valence-corrected chi connectivity index (χ0v) is 17.2. The van der Waals surface area contributed by atoms with Crippen LogP contribution in [0.4, 0.5) is 5.69 Å². The van der Waals surface area contributed by atoms with Gasteiger partial charge in [0.2, 0.25) is 0 Å². The lowest BCUT2D eigenvalue weighted by Gasteiger charge is -2.48. The highest BCUT2D eigenvalue weighted by Gasteiger charge is 2.38. The Bertz CT molecular complexity index is 836. The number of anilines is 1. The molecule has 30 heavy (non-hydrogen) atoms. The molecule has 1 aromatic heterocycles. The Kier molecular flexibility index (Phi) is 6.50. The average molecular weight is 412 g/mol. The van der Waals surface area contributed by atoms with Crippen LogP contribution in [-0.4, -0.2) is 55.1 Å². The molecule has 2 aliphatic rings. The molecule has 2 aromatic rings. The first kappa shape index (κ1) is 20.6. The van der Waals surface area contributed by atoms with E-state index in [1.54, 1.807) is 36.4 Å². The van der Waals surface area contributed by atoms with Crippen molar-refractivity contribution >= 4 is 17.5 Å². The molecule has 2 amide bonds. The molecule has 0 bridgehead atoms. The van der Waals surface area contributed by atoms with E-state index in [4.69, 9.17) is 9.15 Å². The molecule has 0 radical (unpaired) electrons. The molecule has 1 aliphatic heterocycles. The van der Waals surface area contributed by atoms with Gasteiger partial charge in [-0.3, -0.25) is 14.5 Å². The highest BCUT2D eigenvalue weighted by atomic mass is 16.5. The molecular weight excluding hydrogens is 382 g/mol. The standard InChI is InChI=1S/C23H29N3O4/c27-21(18-6-8-19(9-7-18)25-22(28)20-5-4-14-30-20)24-17-23(10-2-1-3-11-23)26-12-15-29-16-13-26/h4-9,14H,1-3,10-13,15-17H2,(H,24,27)(H,25,28). The molecule has 0 unspecified atom stereocenters. The molecule has 2 fully saturated rings. The maximum Gasteiger partial charge on any atom is 0.291 e. The van der Waals surface area contributed by atoms with Gasteiger partial charge in [-0.25, -0.2) is 0 Å². The van der Waals surface area contributed by atoms with E-state index in [2.05, 4.69) is 15.5 Å². The first-order valence-corrected chi connectivity index (χ1v) is 10.7. The minimum absolute atomic E-state index is 0.0364. The lowest BCUT2D eigenvalue weighted by Crippen LogP contribution is -2.59. The summed E-state index contributed by atoms with van der Waals surface area (Å²) in [6.07, 6.45) is 7.37. The van der Waals surface area contributed by atoms with Crippen molar-refractivity contribution in [3.8, 4) is 0 Å². The summed E-state index contributed by atoms with van der Waals surface area (Å²) in [6, 6.07) is 10.2. The fraction of sp³-hybridized carbons (Fsp3) is 0.478. The largest absolute Gasteiger partial charge is 0.459 e. The van der Waals surface area contributed by atoms with Crippen molar-refractivity contribution < 1.29 is 18.7 Å². The Morgan fingerprint density at radius 3 is 2.37 bits per heavy atom. The van der Waals surface area contributed by atoms with E-state index in [0.29, 0.717) is 17.8 Å². The Morgan fingerprint density at radius 1 is 0.967 bits per heavy atom.